The van der Waals surface area contributed by atoms with E-state index in [0.717, 1.165) is 52.1 Å². The Balaban J connectivity index is 1.30. The first-order valence-corrected chi connectivity index (χ1v) is 20.6. The van der Waals surface area contributed by atoms with Crippen molar-refractivity contribution in [3.63, 3.8) is 0 Å². The summed E-state index contributed by atoms with van der Waals surface area (Å²) in [5.41, 5.74) is 2.43. The molecule has 0 saturated heterocycles. The molecule has 0 aliphatic rings. The highest BCUT2D eigenvalue weighted by atomic mass is 16.2. The highest BCUT2D eigenvalue weighted by Crippen LogP contribution is 2.21. The molecule has 320 valence electrons. The number of nitrogens with zero attached hydrogens (tertiary/aromatic N) is 4. The number of H-pyrrole nitrogens is 2. The van der Waals surface area contributed by atoms with E-state index in [-0.39, 0.29) is 45.4 Å². The Bertz CT molecular complexity index is 2320. The van der Waals surface area contributed by atoms with Gasteiger partial charge in [-0.25, -0.2) is 4.79 Å². The second kappa shape index (κ2) is 22.6. The predicted molar refractivity (Wildman–Crippen MR) is 237 cm³/mol. The number of amides is 4. The molecule has 61 heavy (non-hydrogen) atoms. The van der Waals surface area contributed by atoms with Gasteiger partial charge in [0.2, 0.25) is 6.04 Å². The fraction of sp³-hybridized carbons (Fsp3) is 0.333. The molecule has 6 N–H and O–H groups in total. The number of hydrogen-bond acceptors (Lipinski definition) is 10. The van der Waals surface area contributed by atoms with Gasteiger partial charge in [-0.3, -0.25) is 24.0 Å². The number of fused-ring (bicyclic) bond motifs is 1. The Morgan fingerprint density at radius 2 is 1.16 bits per heavy atom. The minimum absolute atomic E-state index is 0.230. The van der Waals surface area contributed by atoms with Gasteiger partial charge in [0, 0.05) is 46.7 Å². The molecule has 4 amide bonds. The fourth-order valence-corrected chi connectivity index (χ4v) is 6.57. The molecule has 5 aromatic rings. The van der Waals surface area contributed by atoms with Crippen LogP contribution in [0.4, 0.5) is 17.1 Å². The number of carbonyl (C=O) groups is 5. The van der Waals surface area contributed by atoms with Crippen LogP contribution in [0.5, 0.6) is 0 Å². The van der Waals surface area contributed by atoms with E-state index in [1.54, 1.807) is 48.5 Å². The van der Waals surface area contributed by atoms with E-state index in [2.05, 4.69) is 79.0 Å². The van der Waals surface area contributed by atoms with Crippen molar-refractivity contribution in [2.45, 2.75) is 46.6 Å². The van der Waals surface area contributed by atoms with Gasteiger partial charge in [-0.05, 0) is 113 Å². The van der Waals surface area contributed by atoms with Crippen molar-refractivity contribution in [1.29, 1.82) is 0 Å². The molecule has 4 aromatic carbocycles. The van der Waals surface area contributed by atoms with E-state index in [9.17, 15) is 28.8 Å². The molecule has 0 fully saturated rings. The van der Waals surface area contributed by atoms with Gasteiger partial charge >= 0.3 is 5.69 Å². The quantitative estimate of drug-likeness (QED) is 0.0210. The fourth-order valence-electron chi connectivity index (χ4n) is 6.57. The SMILES string of the molecule is CCN(CC)CCCNC(=O)c1cc(NC(=O)c2ccc(N=NC(C(=O)Nc3ccc4[nH]c(=O)[nH]c4c3)C(=O)c3ccccc3)cc2)cc(C(=O)NCCCN(CC)CC)c1. The van der Waals surface area contributed by atoms with Crippen LogP contribution in [0.3, 0.4) is 0 Å². The zero-order valence-electron chi connectivity index (χ0n) is 35.0. The van der Waals surface area contributed by atoms with Crippen LogP contribution in [0, 0.1) is 0 Å². The standard InChI is InChI=1S/C45H54N10O6/c1-5-54(6-2)24-12-22-46-41(57)32-26-33(42(58)47-23-13-25-55(7-3)8-4)28-36(27-32)49-43(59)31-16-18-34(19-17-31)52-53-39(40(56)30-14-10-9-11-15-30)44(60)48-35-20-21-37-38(29-35)51-45(61)50-37/h9-11,14-21,26-29,39H,5-8,12-13,22-25H2,1-4H3,(H,46,57)(H,47,58)(H,48,60)(H,49,59)(H2,50,51,61). The lowest BCUT2D eigenvalue weighted by molar-refractivity contribution is -0.116. The maximum absolute atomic E-state index is 13.5. The second-order valence-corrected chi connectivity index (χ2v) is 14.2. The Kier molecular flexibility index (Phi) is 16.8. The van der Waals surface area contributed by atoms with Crippen LogP contribution in [0.2, 0.25) is 0 Å². The number of aromatic nitrogens is 2. The van der Waals surface area contributed by atoms with E-state index in [1.165, 1.54) is 42.5 Å². The molecule has 16 heteroatoms. The van der Waals surface area contributed by atoms with Gasteiger partial charge in [-0.1, -0.05) is 58.0 Å². The predicted octanol–water partition coefficient (Wildman–Crippen LogP) is 6.01. The van der Waals surface area contributed by atoms with Crippen molar-refractivity contribution in [3.05, 3.63) is 124 Å². The maximum Gasteiger partial charge on any atom is 0.323 e. The average molecular weight is 831 g/mol. The van der Waals surface area contributed by atoms with Gasteiger partial charge in [0.25, 0.3) is 23.6 Å². The van der Waals surface area contributed by atoms with Crippen molar-refractivity contribution >= 4 is 57.5 Å². The van der Waals surface area contributed by atoms with E-state index < -0.39 is 29.3 Å². The third-order valence-corrected chi connectivity index (χ3v) is 10.1. The molecule has 0 bridgehead atoms. The first-order valence-electron chi connectivity index (χ1n) is 20.6. The van der Waals surface area contributed by atoms with Crippen LogP contribution in [0.15, 0.2) is 106 Å². The number of nitrogens with one attached hydrogen (secondary N) is 6. The molecular weight excluding hydrogens is 777 g/mol. The summed E-state index contributed by atoms with van der Waals surface area (Å²) in [6.45, 7) is 14.6. The van der Waals surface area contributed by atoms with Gasteiger partial charge < -0.3 is 41.0 Å². The van der Waals surface area contributed by atoms with Gasteiger partial charge in [-0.15, -0.1) is 0 Å². The van der Waals surface area contributed by atoms with E-state index in [1.807, 2.05) is 0 Å². The number of anilines is 2. The van der Waals surface area contributed by atoms with Crippen molar-refractivity contribution in [3.8, 4) is 0 Å². The molecule has 5 rings (SSSR count). The molecule has 0 saturated carbocycles. The van der Waals surface area contributed by atoms with Gasteiger partial charge in [-0.2, -0.15) is 10.2 Å². The number of rotatable bonds is 22. The summed E-state index contributed by atoms with van der Waals surface area (Å²) in [5, 5.41) is 19.7. The molecular formula is C45H54N10O6. The number of ketones is 1. The Morgan fingerprint density at radius 3 is 1.74 bits per heavy atom. The monoisotopic (exact) mass is 830 g/mol. The first kappa shape index (κ1) is 45.3. The summed E-state index contributed by atoms with van der Waals surface area (Å²) >= 11 is 0. The van der Waals surface area contributed by atoms with Gasteiger partial charge in [0.1, 0.15) is 0 Å². The summed E-state index contributed by atoms with van der Waals surface area (Å²) in [5.74, 6) is -2.57. The lowest BCUT2D eigenvalue weighted by Crippen LogP contribution is -2.33. The highest BCUT2D eigenvalue weighted by Gasteiger charge is 2.28. The second-order valence-electron chi connectivity index (χ2n) is 14.2. The molecule has 1 atom stereocenters. The first-order chi connectivity index (χ1) is 29.5. The van der Waals surface area contributed by atoms with Crippen LogP contribution in [0.25, 0.3) is 11.0 Å². The lowest BCUT2D eigenvalue weighted by atomic mass is 10.0. The topological polar surface area (TPSA) is 213 Å². The van der Waals surface area contributed by atoms with Crippen LogP contribution < -0.4 is 27.0 Å². The average Bonchev–Trinajstić information content (AvgIpc) is 3.65. The number of benzene rings is 4. The van der Waals surface area contributed by atoms with Gasteiger partial charge in [0.05, 0.1) is 16.7 Å². The molecule has 1 heterocycles. The number of Topliss-reactive ketones (excluding diaryl/α,β-unsaturated/α-hetero) is 1. The maximum atomic E-state index is 13.5. The third-order valence-electron chi connectivity index (χ3n) is 10.1. The number of imidazole rings is 1. The molecule has 1 unspecified atom stereocenters. The number of aromatic amines is 2. The summed E-state index contributed by atoms with van der Waals surface area (Å²) in [6.07, 6.45) is 1.51. The third kappa shape index (κ3) is 13.1. The van der Waals surface area contributed by atoms with Crippen molar-refractivity contribution in [2.75, 3.05) is 63.0 Å². The summed E-state index contributed by atoms with van der Waals surface area (Å²) < 4.78 is 0. The Morgan fingerprint density at radius 1 is 0.590 bits per heavy atom. The number of hydrogen-bond donors (Lipinski definition) is 6. The zero-order chi connectivity index (χ0) is 43.7. The van der Waals surface area contributed by atoms with Crippen LogP contribution >= 0.6 is 0 Å². The van der Waals surface area contributed by atoms with Crippen LogP contribution in [-0.2, 0) is 4.79 Å². The normalized spacial score (nSPS) is 11.8. The van der Waals surface area contributed by atoms with Gasteiger partial charge in [0.15, 0.2) is 5.78 Å². The van der Waals surface area contributed by atoms with E-state index in [4.69, 9.17) is 0 Å². The number of carbonyl (C=O) groups excluding carboxylic acids is 5. The van der Waals surface area contributed by atoms with E-state index in [0.29, 0.717) is 29.8 Å². The summed E-state index contributed by atoms with van der Waals surface area (Å²) in [4.78, 5) is 88.7. The molecule has 0 spiro atoms. The van der Waals surface area contributed by atoms with Crippen molar-refractivity contribution in [2.24, 2.45) is 10.2 Å². The van der Waals surface area contributed by atoms with Crippen molar-refractivity contribution < 1.29 is 24.0 Å². The molecule has 16 nitrogen and oxygen atoms in total. The summed E-state index contributed by atoms with van der Waals surface area (Å²) in [7, 11) is 0. The Hall–Kier alpha value is -6.78. The number of azo groups is 1. The lowest BCUT2D eigenvalue weighted by Gasteiger charge is -2.18. The molecule has 0 aliphatic heterocycles. The minimum atomic E-state index is -1.56. The largest absolute Gasteiger partial charge is 0.352 e. The van der Waals surface area contributed by atoms with Crippen molar-refractivity contribution in [1.82, 2.24) is 30.4 Å². The summed E-state index contributed by atoms with van der Waals surface area (Å²) in [6, 6.07) is 22.0. The molecule has 0 radical (unpaired) electrons. The van der Waals surface area contributed by atoms with Crippen LogP contribution in [-0.4, -0.2) is 108 Å². The Labute approximate surface area is 354 Å². The van der Waals surface area contributed by atoms with E-state index >= 15 is 0 Å². The minimum Gasteiger partial charge on any atom is -0.352 e. The smallest absolute Gasteiger partial charge is 0.323 e. The highest BCUT2D eigenvalue weighted by molar-refractivity contribution is 6.17. The zero-order valence-corrected chi connectivity index (χ0v) is 35.0. The molecule has 1 aromatic heterocycles. The molecule has 0 aliphatic carbocycles. The van der Waals surface area contributed by atoms with Crippen LogP contribution in [0.1, 0.15) is 82.0 Å².